The number of ether oxygens (including phenoxy) is 1. The monoisotopic (exact) mass is 434 g/mol. The van der Waals surface area contributed by atoms with E-state index in [2.05, 4.69) is 5.32 Å². The Kier molecular flexibility index (Phi) is 9.35. The normalized spacial score (nSPS) is 11.6. The summed E-state index contributed by atoms with van der Waals surface area (Å²) in [6.45, 7) is 4.46. The van der Waals surface area contributed by atoms with Crippen molar-refractivity contribution in [1.29, 1.82) is 0 Å². The summed E-state index contributed by atoms with van der Waals surface area (Å²) in [5.74, 6) is 1.35. The van der Waals surface area contributed by atoms with Gasteiger partial charge in [-0.05, 0) is 43.2 Å². The van der Waals surface area contributed by atoms with Gasteiger partial charge in [0.25, 0.3) is 0 Å². The van der Waals surface area contributed by atoms with Crippen LogP contribution in [0.1, 0.15) is 25.0 Å². The lowest BCUT2D eigenvalue weighted by Crippen LogP contribution is -2.48. The van der Waals surface area contributed by atoms with Crippen molar-refractivity contribution in [3.8, 4) is 5.75 Å². The van der Waals surface area contributed by atoms with Crippen LogP contribution >= 0.6 is 23.4 Å². The summed E-state index contributed by atoms with van der Waals surface area (Å²) in [4.78, 5) is 27.0. The average Bonchev–Trinajstić information content (AvgIpc) is 2.73. The quantitative estimate of drug-likeness (QED) is 0.610. The van der Waals surface area contributed by atoms with Gasteiger partial charge in [-0.1, -0.05) is 41.9 Å². The molecule has 0 unspecified atom stereocenters. The number of nitrogens with one attached hydrogen (secondary N) is 1. The standard InChI is InChI=1S/C22H27ClN2O3S/c1-4-24-22(27)16(2)25(13-17-8-7-10-19(12-17)28-3)21(26)15-29-14-18-9-5-6-11-20(18)23/h5-12,16H,4,13-15H2,1-3H3,(H,24,27)/t16-/m1/s1. The first-order chi connectivity index (χ1) is 14.0. The molecule has 0 fully saturated rings. The van der Waals surface area contributed by atoms with E-state index >= 15 is 0 Å². The molecule has 1 atom stereocenters. The second kappa shape index (κ2) is 11.7. The third kappa shape index (κ3) is 6.98. The van der Waals surface area contributed by atoms with Gasteiger partial charge < -0.3 is 15.0 Å². The fourth-order valence-electron chi connectivity index (χ4n) is 2.82. The number of likely N-dealkylation sites (N-methyl/N-ethyl adjacent to an activating group) is 1. The second-order valence-corrected chi connectivity index (χ2v) is 7.92. The number of carbonyl (C=O) groups is 2. The summed E-state index contributed by atoms with van der Waals surface area (Å²) in [6.07, 6.45) is 0. The summed E-state index contributed by atoms with van der Waals surface area (Å²) < 4.78 is 5.27. The van der Waals surface area contributed by atoms with Gasteiger partial charge >= 0.3 is 0 Å². The molecule has 0 spiro atoms. The maximum atomic E-state index is 13.0. The minimum atomic E-state index is -0.574. The lowest BCUT2D eigenvalue weighted by Gasteiger charge is -2.28. The summed E-state index contributed by atoms with van der Waals surface area (Å²) in [5, 5.41) is 3.49. The maximum absolute atomic E-state index is 13.0. The first-order valence-electron chi connectivity index (χ1n) is 9.47. The van der Waals surface area contributed by atoms with Gasteiger partial charge in [0.15, 0.2) is 0 Å². The molecule has 0 aliphatic heterocycles. The zero-order chi connectivity index (χ0) is 21.2. The first-order valence-corrected chi connectivity index (χ1v) is 11.0. The van der Waals surface area contributed by atoms with Crippen LogP contribution in [-0.4, -0.2) is 42.2 Å². The van der Waals surface area contributed by atoms with E-state index in [-0.39, 0.29) is 17.6 Å². The predicted octanol–water partition coefficient (Wildman–Crippen LogP) is 4.14. The van der Waals surface area contributed by atoms with Crippen molar-refractivity contribution in [3.05, 3.63) is 64.7 Å². The Morgan fingerprint density at radius 3 is 2.66 bits per heavy atom. The van der Waals surface area contributed by atoms with Crippen molar-refractivity contribution in [2.75, 3.05) is 19.4 Å². The van der Waals surface area contributed by atoms with E-state index in [1.807, 2.05) is 55.5 Å². The topological polar surface area (TPSA) is 58.6 Å². The average molecular weight is 435 g/mol. The molecule has 5 nitrogen and oxygen atoms in total. The van der Waals surface area contributed by atoms with Gasteiger partial charge in [-0.25, -0.2) is 0 Å². The van der Waals surface area contributed by atoms with Crippen LogP contribution in [-0.2, 0) is 21.9 Å². The molecule has 2 aromatic rings. The van der Waals surface area contributed by atoms with Crippen LogP contribution in [0, 0.1) is 0 Å². The fourth-order valence-corrected chi connectivity index (χ4v) is 4.01. The summed E-state index contributed by atoms with van der Waals surface area (Å²) in [5.41, 5.74) is 1.90. The Balaban J connectivity index is 2.09. The second-order valence-electron chi connectivity index (χ2n) is 6.53. The van der Waals surface area contributed by atoms with Crippen LogP contribution in [0.15, 0.2) is 48.5 Å². The van der Waals surface area contributed by atoms with Crippen LogP contribution in [0.3, 0.4) is 0 Å². The van der Waals surface area contributed by atoms with Gasteiger partial charge in [-0.3, -0.25) is 9.59 Å². The van der Waals surface area contributed by atoms with E-state index in [1.54, 1.807) is 18.9 Å². The van der Waals surface area contributed by atoms with Gasteiger partial charge in [-0.15, -0.1) is 11.8 Å². The van der Waals surface area contributed by atoms with E-state index < -0.39 is 6.04 Å². The van der Waals surface area contributed by atoms with Gasteiger partial charge in [0.2, 0.25) is 11.8 Å². The van der Waals surface area contributed by atoms with Crippen LogP contribution in [0.4, 0.5) is 0 Å². The Hall–Kier alpha value is -2.18. The van der Waals surface area contributed by atoms with Crippen molar-refractivity contribution in [2.24, 2.45) is 0 Å². The molecule has 0 saturated heterocycles. The zero-order valence-corrected chi connectivity index (χ0v) is 18.6. The van der Waals surface area contributed by atoms with Crippen LogP contribution in [0.25, 0.3) is 0 Å². The molecule has 1 N–H and O–H groups in total. The summed E-state index contributed by atoms with van der Waals surface area (Å²) in [7, 11) is 1.60. The molecule has 0 bridgehead atoms. The van der Waals surface area contributed by atoms with Crippen LogP contribution in [0.2, 0.25) is 5.02 Å². The molecule has 0 aromatic heterocycles. The molecule has 0 aliphatic carbocycles. The third-order valence-electron chi connectivity index (χ3n) is 4.45. The van der Waals surface area contributed by atoms with Gasteiger partial charge in [-0.2, -0.15) is 0 Å². The summed E-state index contributed by atoms with van der Waals surface area (Å²) >= 11 is 7.68. The number of amides is 2. The molecule has 2 amide bonds. The van der Waals surface area contributed by atoms with Gasteiger partial charge in [0, 0.05) is 23.9 Å². The lowest BCUT2D eigenvalue weighted by molar-refractivity contribution is -0.138. The Morgan fingerprint density at radius 2 is 1.97 bits per heavy atom. The number of carbonyl (C=O) groups excluding carboxylic acids is 2. The van der Waals surface area contributed by atoms with E-state index in [1.165, 1.54) is 11.8 Å². The Bertz CT molecular complexity index is 831. The number of thioether (sulfide) groups is 1. The van der Waals surface area contributed by atoms with Crippen molar-refractivity contribution in [1.82, 2.24) is 10.2 Å². The number of hydrogen-bond acceptors (Lipinski definition) is 4. The highest BCUT2D eigenvalue weighted by molar-refractivity contribution is 7.99. The number of nitrogens with zero attached hydrogens (tertiary/aromatic N) is 1. The van der Waals surface area contributed by atoms with Crippen LogP contribution < -0.4 is 10.1 Å². The maximum Gasteiger partial charge on any atom is 0.242 e. The van der Waals surface area contributed by atoms with Crippen molar-refractivity contribution in [2.45, 2.75) is 32.2 Å². The molecule has 0 radical (unpaired) electrons. The number of halogens is 1. The minimum absolute atomic E-state index is 0.0939. The molecule has 2 rings (SSSR count). The molecule has 7 heteroatoms. The first kappa shape index (κ1) is 23.1. The predicted molar refractivity (Wildman–Crippen MR) is 119 cm³/mol. The Labute approximate surface area is 181 Å². The van der Waals surface area contributed by atoms with E-state index in [4.69, 9.17) is 16.3 Å². The number of benzene rings is 2. The van der Waals surface area contributed by atoms with Crippen molar-refractivity contribution in [3.63, 3.8) is 0 Å². The molecule has 0 heterocycles. The third-order valence-corrected chi connectivity index (χ3v) is 5.78. The zero-order valence-electron chi connectivity index (χ0n) is 17.0. The number of hydrogen-bond donors (Lipinski definition) is 1. The van der Waals surface area contributed by atoms with Crippen molar-refractivity contribution < 1.29 is 14.3 Å². The van der Waals surface area contributed by atoms with E-state index in [9.17, 15) is 9.59 Å². The number of rotatable bonds is 10. The highest BCUT2D eigenvalue weighted by atomic mass is 35.5. The minimum Gasteiger partial charge on any atom is -0.497 e. The smallest absolute Gasteiger partial charge is 0.242 e. The summed E-state index contributed by atoms with van der Waals surface area (Å²) in [6, 6.07) is 14.5. The highest BCUT2D eigenvalue weighted by Gasteiger charge is 2.25. The molecule has 0 aliphatic rings. The highest BCUT2D eigenvalue weighted by Crippen LogP contribution is 2.22. The fraction of sp³-hybridized carbons (Fsp3) is 0.364. The van der Waals surface area contributed by atoms with Gasteiger partial charge in [0.05, 0.1) is 12.9 Å². The molecular formula is C22H27ClN2O3S. The molecular weight excluding hydrogens is 408 g/mol. The van der Waals surface area contributed by atoms with Gasteiger partial charge in [0.1, 0.15) is 11.8 Å². The van der Waals surface area contributed by atoms with E-state index in [0.29, 0.717) is 29.6 Å². The van der Waals surface area contributed by atoms with E-state index in [0.717, 1.165) is 11.1 Å². The Morgan fingerprint density at radius 1 is 1.21 bits per heavy atom. The molecule has 29 heavy (non-hydrogen) atoms. The van der Waals surface area contributed by atoms with Crippen molar-refractivity contribution >= 4 is 35.2 Å². The van der Waals surface area contributed by atoms with Crippen LogP contribution in [0.5, 0.6) is 5.75 Å². The number of methoxy groups -OCH3 is 1. The molecule has 2 aromatic carbocycles. The largest absolute Gasteiger partial charge is 0.497 e. The molecule has 0 saturated carbocycles. The SMILES string of the molecule is CCNC(=O)[C@@H](C)N(Cc1cccc(OC)c1)C(=O)CSCc1ccccc1Cl. The molecule has 156 valence electrons. The lowest BCUT2D eigenvalue weighted by atomic mass is 10.1.